The predicted octanol–water partition coefficient (Wildman–Crippen LogP) is 2.58. The van der Waals surface area contributed by atoms with Gasteiger partial charge in [-0.15, -0.1) is 0 Å². The fraction of sp³-hybridized carbons (Fsp3) is 0.571. The molecule has 2 aliphatic heterocycles. The van der Waals surface area contributed by atoms with Crippen LogP contribution in [-0.2, 0) is 4.74 Å². The minimum absolute atomic E-state index is 0.0759. The van der Waals surface area contributed by atoms with Crippen molar-refractivity contribution in [1.82, 2.24) is 5.32 Å². The summed E-state index contributed by atoms with van der Waals surface area (Å²) < 4.78 is 11.2. The molecule has 0 bridgehead atoms. The predicted molar refractivity (Wildman–Crippen MR) is 74.1 cm³/mol. The SMILES string of the molecule is COc1ccc(C2CCOC3(CCSC3)N2)cc1. The average Bonchev–Trinajstić information content (AvgIpc) is 2.87. The molecule has 2 saturated heterocycles. The molecular formula is C14H19NO2S. The minimum atomic E-state index is -0.0759. The van der Waals surface area contributed by atoms with Gasteiger partial charge in [-0.3, -0.25) is 5.32 Å². The highest BCUT2D eigenvalue weighted by Gasteiger charge is 2.40. The Hall–Kier alpha value is -0.710. The maximum Gasteiger partial charge on any atom is 0.129 e. The van der Waals surface area contributed by atoms with Crippen LogP contribution >= 0.6 is 11.8 Å². The minimum Gasteiger partial charge on any atom is -0.497 e. The van der Waals surface area contributed by atoms with Crippen molar-refractivity contribution in [2.24, 2.45) is 0 Å². The summed E-state index contributed by atoms with van der Waals surface area (Å²) in [6.45, 7) is 0.851. The summed E-state index contributed by atoms with van der Waals surface area (Å²) in [7, 11) is 1.70. The van der Waals surface area contributed by atoms with Gasteiger partial charge in [-0.1, -0.05) is 12.1 Å². The van der Waals surface area contributed by atoms with E-state index in [0.717, 1.165) is 31.0 Å². The standard InChI is InChI=1S/C14H19NO2S/c1-16-12-4-2-11(3-5-12)13-6-8-17-14(15-13)7-9-18-10-14/h2-5,13,15H,6-10H2,1H3. The largest absolute Gasteiger partial charge is 0.497 e. The molecule has 1 spiro atoms. The number of benzene rings is 1. The molecule has 0 aliphatic carbocycles. The molecular weight excluding hydrogens is 246 g/mol. The van der Waals surface area contributed by atoms with Gasteiger partial charge in [-0.05, 0) is 36.3 Å². The molecule has 2 unspecified atom stereocenters. The van der Waals surface area contributed by atoms with Gasteiger partial charge < -0.3 is 9.47 Å². The van der Waals surface area contributed by atoms with Crippen molar-refractivity contribution < 1.29 is 9.47 Å². The Labute approximate surface area is 112 Å². The van der Waals surface area contributed by atoms with Gasteiger partial charge in [0.05, 0.1) is 13.7 Å². The molecule has 0 aromatic heterocycles. The molecule has 2 fully saturated rings. The molecule has 2 aliphatic rings. The van der Waals surface area contributed by atoms with Gasteiger partial charge in [0.2, 0.25) is 0 Å². The first-order valence-corrected chi connectivity index (χ1v) is 7.60. The second-order valence-electron chi connectivity index (χ2n) is 4.90. The Morgan fingerprint density at radius 1 is 1.39 bits per heavy atom. The second kappa shape index (κ2) is 5.11. The molecule has 4 heteroatoms. The molecule has 1 aromatic carbocycles. The Kier molecular flexibility index (Phi) is 3.50. The van der Waals surface area contributed by atoms with Gasteiger partial charge in [0.25, 0.3) is 0 Å². The average molecular weight is 265 g/mol. The van der Waals surface area contributed by atoms with E-state index in [1.54, 1.807) is 7.11 Å². The van der Waals surface area contributed by atoms with Crippen molar-refractivity contribution in [3.8, 4) is 5.75 Å². The number of thioether (sulfide) groups is 1. The lowest BCUT2D eigenvalue weighted by Gasteiger charge is -2.39. The lowest BCUT2D eigenvalue weighted by molar-refractivity contribution is -0.0924. The topological polar surface area (TPSA) is 30.5 Å². The molecule has 3 nitrogen and oxygen atoms in total. The first kappa shape index (κ1) is 12.3. The van der Waals surface area contributed by atoms with Gasteiger partial charge in [0.1, 0.15) is 11.5 Å². The Morgan fingerprint density at radius 3 is 2.89 bits per heavy atom. The monoisotopic (exact) mass is 265 g/mol. The third-order valence-electron chi connectivity index (χ3n) is 3.73. The van der Waals surface area contributed by atoms with Crippen molar-refractivity contribution in [1.29, 1.82) is 0 Å². The summed E-state index contributed by atoms with van der Waals surface area (Å²) in [5, 5.41) is 3.70. The van der Waals surface area contributed by atoms with Crippen LogP contribution in [0.4, 0.5) is 0 Å². The molecule has 0 amide bonds. The van der Waals surface area contributed by atoms with Crippen LogP contribution in [-0.4, -0.2) is 30.9 Å². The molecule has 3 rings (SSSR count). The third kappa shape index (κ3) is 2.37. The summed E-state index contributed by atoms with van der Waals surface area (Å²) in [5.41, 5.74) is 1.25. The van der Waals surface area contributed by atoms with Crippen LogP contribution < -0.4 is 10.1 Å². The quantitative estimate of drug-likeness (QED) is 0.890. The van der Waals surface area contributed by atoms with E-state index in [0.29, 0.717) is 6.04 Å². The fourth-order valence-electron chi connectivity index (χ4n) is 2.66. The molecule has 2 heterocycles. The Morgan fingerprint density at radius 2 is 2.22 bits per heavy atom. The third-order valence-corrected chi connectivity index (χ3v) is 4.89. The molecule has 1 aromatic rings. The van der Waals surface area contributed by atoms with Gasteiger partial charge in [-0.25, -0.2) is 0 Å². The molecule has 1 N–H and O–H groups in total. The summed E-state index contributed by atoms with van der Waals surface area (Å²) in [5.74, 6) is 3.18. The summed E-state index contributed by atoms with van der Waals surface area (Å²) in [4.78, 5) is 0. The van der Waals surface area contributed by atoms with Crippen LogP contribution in [0, 0.1) is 0 Å². The van der Waals surface area contributed by atoms with E-state index in [1.807, 2.05) is 23.9 Å². The first-order chi connectivity index (χ1) is 8.81. The maximum atomic E-state index is 5.97. The Bertz CT molecular complexity index is 401. The lowest BCUT2D eigenvalue weighted by atomic mass is 9.99. The highest BCUT2D eigenvalue weighted by atomic mass is 32.2. The van der Waals surface area contributed by atoms with Crippen LogP contribution in [0.3, 0.4) is 0 Å². The molecule has 18 heavy (non-hydrogen) atoms. The number of nitrogens with one attached hydrogen (secondary N) is 1. The van der Waals surface area contributed by atoms with Crippen LogP contribution in [0.25, 0.3) is 0 Å². The number of hydrogen-bond donors (Lipinski definition) is 1. The lowest BCUT2D eigenvalue weighted by Crippen LogP contribution is -2.53. The van der Waals surface area contributed by atoms with Crippen molar-refractivity contribution in [3.05, 3.63) is 29.8 Å². The molecule has 98 valence electrons. The van der Waals surface area contributed by atoms with Gasteiger partial charge in [-0.2, -0.15) is 11.8 Å². The highest BCUT2D eigenvalue weighted by molar-refractivity contribution is 7.99. The second-order valence-corrected chi connectivity index (χ2v) is 6.01. The van der Waals surface area contributed by atoms with Crippen LogP contribution in [0.1, 0.15) is 24.4 Å². The summed E-state index contributed by atoms with van der Waals surface area (Å²) >= 11 is 1.98. The van der Waals surface area contributed by atoms with Crippen molar-refractivity contribution >= 4 is 11.8 Å². The van der Waals surface area contributed by atoms with E-state index < -0.39 is 0 Å². The number of hydrogen-bond acceptors (Lipinski definition) is 4. The van der Waals surface area contributed by atoms with Crippen molar-refractivity contribution in [3.63, 3.8) is 0 Å². The van der Waals surface area contributed by atoms with E-state index in [9.17, 15) is 0 Å². The zero-order valence-electron chi connectivity index (χ0n) is 10.6. The number of rotatable bonds is 2. The fourth-order valence-corrected chi connectivity index (χ4v) is 3.92. The van der Waals surface area contributed by atoms with Crippen LogP contribution in [0.2, 0.25) is 0 Å². The summed E-state index contributed by atoms with van der Waals surface area (Å²) in [6, 6.07) is 8.77. The van der Waals surface area contributed by atoms with E-state index in [-0.39, 0.29) is 5.72 Å². The smallest absolute Gasteiger partial charge is 0.129 e. The van der Waals surface area contributed by atoms with E-state index >= 15 is 0 Å². The zero-order chi connectivity index (χ0) is 12.4. The van der Waals surface area contributed by atoms with E-state index in [2.05, 4.69) is 17.4 Å². The maximum absolute atomic E-state index is 5.97. The van der Waals surface area contributed by atoms with E-state index in [1.165, 1.54) is 11.3 Å². The van der Waals surface area contributed by atoms with Gasteiger partial charge in [0, 0.05) is 11.8 Å². The van der Waals surface area contributed by atoms with Crippen molar-refractivity contribution in [2.75, 3.05) is 25.2 Å². The normalized spacial score (nSPS) is 31.7. The number of methoxy groups -OCH3 is 1. The van der Waals surface area contributed by atoms with Crippen molar-refractivity contribution in [2.45, 2.75) is 24.6 Å². The van der Waals surface area contributed by atoms with Gasteiger partial charge in [0.15, 0.2) is 0 Å². The van der Waals surface area contributed by atoms with Crippen LogP contribution in [0.5, 0.6) is 5.75 Å². The zero-order valence-corrected chi connectivity index (χ0v) is 11.5. The number of ether oxygens (including phenoxy) is 2. The summed E-state index contributed by atoms with van der Waals surface area (Å²) in [6.07, 6.45) is 2.16. The van der Waals surface area contributed by atoms with E-state index in [4.69, 9.17) is 9.47 Å². The molecule has 0 radical (unpaired) electrons. The van der Waals surface area contributed by atoms with Crippen LogP contribution in [0.15, 0.2) is 24.3 Å². The Balaban J connectivity index is 1.74. The molecule has 2 atom stereocenters. The highest BCUT2D eigenvalue weighted by Crippen LogP contribution is 2.36. The van der Waals surface area contributed by atoms with Gasteiger partial charge >= 0.3 is 0 Å². The first-order valence-electron chi connectivity index (χ1n) is 6.45. The molecule has 0 saturated carbocycles.